The molecule has 1 fully saturated rings. The maximum atomic E-state index is 12.3. The van der Waals surface area contributed by atoms with Gasteiger partial charge in [-0.2, -0.15) is 0 Å². The van der Waals surface area contributed by atoms with Crippen LogP contribution in [0, 0.1) is 5.92 Å². The van der Waals surface area contributed by atoms with Crippen LogP contribution in [0.3, 0.4) is 0 Å². The van der Waals surface area contributed by atoms with E-state index in [0.29, 0.717) is 0 Å². The summed E-state index contributed by atoms with van der Waals surface area (Å²) in [5, 5.41) is 5.14. The summed E-state index contributed by atoms with van der Waals surface area (Å²) in [4.78, 5) is 13.5. The molecule has 1 amide bonds. The van der Waals surface area contributed by atoms with E-state index in [0.717, 1.165) is 25.7 Å². The molecule has 1 aliphatic carbocycles. The van der Waals surface area contributed by atoms with Gasteiger partial charge in [0.05, 0.1) is 12.0 Å². The predicted octanol–water partition coefficient (Wildman–Crippen LogP) is 2.83. The molecular formula is C14H22N2OS. The van der Waals surface area contributed by atoms with Crippen molar-refractivity contribution in [2.24, 2.45) is 11.7 Å². The Labute approximate surface area is 113 Å². The van der Waals surface area contributed by atoms with Gasteiger partial charge in [-0.25, -0.2) is 0 Å². The SMILES string of the molecule is CC(NC(=O)C1CCCCCC1N)c1cccs1. The van der Waals surface area contributed by atoms with E-state index >= 15 is 0 Å². The first-order valence-corrected chi connectivity index (χ1v) is 7.66. The van der Waals surface area contributed by atoms with Gasteiger partial charge in [-0.1, -0.05) is 25.3 Å². The number of hydrogen-bond acceptors (Lipinski definition) is 3. The van der Waals surface area contributed by atoms with Crippen molar-refractivity contribution in [2.45, 2.75) is 51.1 Å². The smallest absolute Gasteiger partial charge is 0.225 e. The molecule has 1 aromatic rings. The third-order valence-electron chi connectivity index (χ3n) is 3.73. The summed E-state index contributed by atoms with van der Waals surface area (Å²) in [6.07, 6.45) is 5.40. The number of amides is 1. The van der Waals surface area contributed by atoms with Crippen molar-refractivity contribution in [3.05, 3.63) is 22.4 Å². The molecule has 1 aromatic heterocycles. The van der Waals surface area contributed by atoms with E-state index in [1.54, 1.807) is 11.3 Å². The molecule has 0 aromatic carbocycles. The van der Waals surface area contributed by atoms with Crippen molar-refractivity contribution >= 4 is 17.2 Å². The van der Waals surface area contributed by atoms with Gasteiger partial charge in [0.25, 0.3) is 0 Å². The van der Waals surface area contributed by atoms with E-state index in [9.17, 15) is 4.79 Å². The van der Waals surface area contributed by atoms with Crippen LogP contribution in [0.2, 0.25) is 0 Å². The quantitative estimate of drug-likeness (QED) is 0.827. The van der Waals surface area contributed by atoms with E-state index in [1.807, 2.05) is 18.4 Å². The summed E-state index contributed by atoms with van der Waals surface area (Å²) in [5.74, 6) is 0.125. The van der Waals surface area contributed by atoms with Crippen molar-refractivity contribution in [1.29, 1.82) is 0 Å². The summed E-state index contributed by atoms with van der Waals surface area (Å²) in [6.45, 7) is 2.03. The van der Waals surface area contributed by atoms with Gasteiger partial charge in [0.2, 0.25) is 5.91 Å². The monoisotopic (exact) mass is 266 g/mol. The van der Waals surface area contributed by atoms with Crippen molar-refractivity contribution < 1.29 is 4.79 Å². The van der Waals surface area contributed by atoms with Gasteiger partial charge in [-0.05, 0) is 31.2 Å². The highest BCUT2D eigenvalue weighted by molar-refractivity contribution is 7.10. The van der Waals surface area contributed by atoms with Crippen LogP contribution >= 0.6 is 11.3 Å². The van der Waals surface area contributed by atoms with Gasteiger partial charge in [0, 0.05) is 10.9 Å². The normalized spacial score (nSPS) is 26.3. The van der Waals surface area contributed by atoms with Crippen LogP contribution in [-0.4, -0.2) is 11.9 Å². The predicted molar refractivity (Wildman–Crippen MR) is 75.4 cm³/mol. The molecule has 3 unspecified atom stereocenters. The first-order chi connectivity index (χ1) is 8.68. The molecule has 3 atom stereocenters. The van der Waals surface area contributed by atoms with Gasteiger partial charge in [0.1, 0.15) is 0 Å². The standard InChI is InChI=1S/C14H22N2OS/c1-10(13-8-5-9-18-13)16-14(17)11-6-3-2-4-7-12(11)15/h5,8-12H,2-4,6-7,15H2,1H3,(H,16,17). The molecule has 3 nitrogen and oxygen atoms in total. The largest absolute Gasteiger partial charge is 0.348 e. The number of carbonyl (C=O) groups is 1. The van der Waals surface area contributed by atoms with Crippen LogP contribution < -0.4 is 11.1 Å². The van der Waals surface area contributed by atoms with Crippen molar-refractivity contribution in [3.8, 4) is 0 Å². The summed E-state index contributed by atoms with van der Waals surface area (Å²) >= 11 is 1.68. The van der Waals surface area contributed by atoms with Gasteiger partial charge >= 0.3 is 0 Å². The Balaban J connectivity index is 1.94. The minimum absolute atomic E-state index is 0.00471. The fourth-order valence-electron chi connectivity index (χ4n) is 2.59. The van der Waals surface area contributed by atoms with Crippen LogP contribution in [0.5, 0.6) is 0 Å². The average Bonchev–Trinajstić information content (AvgIpc) is 2.79. The lowest BCUT2D eigenvalue weighted by Crippen LogP contribution is -2.42. The molecule has 0 aliphatic heterocycles. The first kappa shape index (κ1) is 13.6. The summed E-state index contributed by atoms with van der Waals surface area (Å²) in [7, 11) is 0. The number of thiophene rings is 1. The van der Waals surface area contributed by atoms with Gasteiger partial charge in [0.15, 0.2) is 0 Å². The van der Waals surface area contributed by atoms with E-state index in [1.165, 1.54) is 11.3 Å². The second kappa shape index (κ2) is 6.34. The van der Waals surface area contributed by atoms with E-state index in [2.05, 4.69) is 11.4 Å². The van der Waals surface area contributed by atoms with E-state index in [4.69, 9.17) is 5.73 Å². The van der Waals surface area contributed by atoms with Gasteiger partial charge < -0.3 is 11.1 Å². The zero-order chi connectivity index (χ0) is 13.0. The molecule has 4 heteroatoms. The van der Waals surface area contributed by atoms with Crippen molar-refractivity contribution in [2.75, 3.05) is 0 Å². The van der Waals surface area contributed by atoms with Gasteiger partial charge in [-0.3, -0.25) is 4.79 Å². The third kappa shape index (κ3) is 3.33. The second-order valence-corrected chi connectivity index (χ2v) is 6.13. The molecule has 0 spiro atoms. The summed E-state index contributed by atoms with van der Waals surface area (Å²) in [6, 6.07) is 4.19. The van der Waals surface area contributed by atoms with Gasteiger partial charge in [-0.15, -0.1) is 11.3 Å². The molecule has 3 N–H and O–H groups in total. The van der Waals surface area contributed by atoms with Crippen LogP contribution in [0.25, 0.3) is 0 Å². The van der Waals surface area contributed by atoms with Crippen molar-refractivity contribution in [1.82, 2.24) is 5.32 Å². The molecule has 0 radical (unpaired) electrons. The molecule has 100 valence electrons. The maximum absolute atomic E-state index is 12.3. The highest BCUT2D eigenvalue weighted by Gasteiger charge is 2.27. The second-order valence-electron chi connectivity index (χ2n) is 5.15. The van der Waals surface area contributed by atoms with Crippen LogP contribution in [0.15, 0.2) is 17.5 Å². The zero-order valence-electron chi connectivity index (χ0n) is 10.9. The highest BCUT2D eigenvalue weighted by Crippen LogP contribution is 2.24. The van der Waals surface area contributed by atoms with Crippen LogP contribution in [0.1, 0.15) is 49.9 Å². The summed E-state index contributed by atoms with van der Waals surface area (Å²) < 4.78 is 0. The Bertz CT molecular complexity index is 377. The maximum Gasteiger partial charge on any atom is 0.225 e. The topological polar surface area (TPSA) is 55.1 Å². The number of nitrogens with one attached hydrogen (secondary N) is 1. The summed E-state index contributed by atoms with van der Waals surface area (Å²) in [5.41, 5.74) is 6.12. The molecule has 1 saturated carbocycles. The fourth-order valence-corrected chi connectivity index (χ4v) is 3.33. The van der Waals surface area contributed by atoms with Crippen LogP contribution in [-0.2, 0) is 4.79 Å². The molecule has 1 aliphatic rings. The Morgan fingerprint density at radius 2 is 2.22 bits per heavy atom. The number of nitrogens with two attached hydrogens (primary N) is 1. The lowest BCUT2D eigenvalue weighted by atomic mass is 9.94. The lowest BCUT2D eigenvalue weighted by molar-refractivity contribution is -0.126. The van der Waals surface area contributed by atoms with Crippen molar-refractivity contribution in [3.63, 3.8) is 0 Å². The molecule has 2 rings (SSSR count). The minimum atomic E-state index is -0.00471. The molecule has 0 bridgehead atoms. The zero-order valence-corrected chi connectivity index (χ0v) is 11.7. The molecule has 18 heavy (non-hydrogen) atoms. The molecular weight excluding hydrogens is 244 g/mol. The Hall–Kier alpha value is -0.870. The lowest BCUT2D eigenvalue weighted by Gasteiger charge is -2.22. The highest BCUT2D eigenvalue weighted by atomic mass is 32.1. The Morgan fingerprint density at radius 3 is 2.94 bits per heavy atom. The number of hydrogen-bond donors (Lipinski definition) is 2. The molecule has 1 heterocycles. The first-order valence-electron chi connectivity index (χ1n) is 6.78. The molecule has 0 saturated heterocycles. The van der Waals surface area contributed by atoms with Crippen LogP contribution in [0.4, 0.5) is 0 Å². The Morgan fingerprint density at radius 1 is 1.44 bits per heavy atom. The Kier molecular flexibility index (Phi) is 4.78. The number of rotatable bonds is 3. The van der Waals surface area contributed by atoms with E-state index in [-0.39, 0.29) is 23.9 Å². The van der Waals surface area contributed by atoms with E-state index < -0.39 is 0 Å². The third-order valence-corrected chi connectivity index (χ3v) is 4.79. The average molecular weight is 266 g/mol. The minimum Gasteiger partial charge on any atom is -0.348 e. The fraction of sp³-hybridized carbons (Fsp3) is 0.643. The number of carbonyl (C=O) groups excluding carboxylic acids is 1.